The third kappa shape index (κ3) is 62.6. The average Bonchev–Trinajstić information content (AvgIpc) is 3.69. The van der Waals surface area contributed by atoms with Crippen molar-refractivity contribution >= 4 is 39.5 Å². The molecule has 0 aromatic carbocycles. The highest BCUT2D eigenvalue weighted by atomic mass is 31.2. The smallest absolute Gasteiger partial charge is 0.462 e. The van der Waals surface area contributed by atoms with Gasteiger partial charge in [-0.1, -0.05) is 304 Å². The largest absolute Gasteiger partial charge is 0.472 e. The summed E-state index contributed by atoms with van der Waals surface area (Å²) in [4.78, 5) is 72.3. The molecule has 0 rings (SSSR count). The molecule has 2 unspecified atom stereocenters. The molecule has 19 heteroatoms. The van der Waals surface area contributed by atoms with Gasteiger partial charge in [-0.15, -0.1) is 0 Å². The van der Waals surface area contributed by atoms with Gasteiger partial charge in [-0.3, -0.25) is 37.3 Å². The highest BCUT2D eigenvalue weighted by Gasteiger charge is 2.30. The van der Waals surface area contributed by atoms with Gasteiger partial charge in [-0.2, -0.15) is 0 Å². The van der Waals surface area contributed by atoms with Crippen molar-refractivity contribution in [3.63, 3.8) is 0 Å². The Bertz CT molecular complexity index is 1670. The number of aliphatic hydroxyl groups excluding tert-OH is 1. The second-order valence-electron chi connectivity index (χ2n) is 24.6. The molecule has 0 aliphatic rings. The molecule has 0 amide bonds. The lowest BCUT2D eigenvalue weighted by Gasteiger charge is -2.21. The number of carbonyl (C=O) groups excluding carboxylic acids is 4. The molecule has 0 saturated carbocycles. The maximum atomic E-state index is 13.0. The van der Waals surface area contributed by atoms with E-state index in [0.29, 0.717) is 25.7 Å². The molecule has 0 aliphatic heterocycles. The summed E-state index contributed by atoms with van der Waals surface area (Å²) in [5, 5.41) is 10.6. The molecule has 0 spiro atoms. The predicted molar refractivity (Wildman–Crippen MR) is 349 cm³/mol. The molecule has 0 fully saturated rings. The number of phosphoric ester groups is 2. The van der Waals surface area contributed by atoms with Gasteiger partial charge in [-0.25, -0.2) is 9.13 Å². The van der Waals surface area contributed by atoms with E-state index >= 15 is 0 Å². The summed E-state index contributed by atoms with van der Waals surface area (Å²) in [7, 11) is -9.89. The van der Waals surface area contributed by atoms with Crippen molar-refractivity contribution in [1.82, 2.24) is 0 Å². The van der Waals surface area contributed by atoms with Crippen LogP contribution in [-0.4, -0.2) is 96.7 Å². The van der Waals surface area contributed by atoms with E-state index in [1.807, 2.05) is 0 Å². The van der Waals surface area contributed by atoms with Crippen molar-refractivity contribution in [2.75, 3.05) is 39.6 Å². The zero-order valence-electron chi connectivity index (χ0n) is 56.0. The Morgan fingerprint density at radius 3 is 0.678 bits per heavy atom. The number of carbonyl (C=O) groups is 4. The fourth-order valence-corrected chi connectivity index (χ4v) is 11.9. The Kier molecular flexibility index (Phi) is 61.4. The van der Waals surface area contributed by atoms with Gasteiger partial charge >= 0.3 is 39.5 Å². The number of hydrogen-bond donors (Lipinski definition) is 3. The zero-order valence-corrected chi connectivity index (χ0v) is 57.8. The van der Waals surface area contributed by atoms with Gasteiger partial charge in [0.1, 0.15) is 19.3 Å². The molecule has 5 atom stereocenters. The third-order valence-corrected chi connectivity index (χ3v) is 17.8. The van der Waals surface area contributed by atoms with Crippen LogP contribution in [0.25, 0.3) is 0 Å². The van der Waals surface area contributed by atoms with Crippen LogP contribution in [0.5, 0.6) is 0 Å². The summed E-state index contributed by atoms with van der Waals surface area (Å²) < 4.78 is 68.1. The summed E-state index contributed by atoms with van der Waals surface area (Å²) in [5.41, 5.74) is 0. The van der Waals surface area contributed by atoms with Crippen molar-refractivity contribution in [2.24, 2.45) is 0 Å². The Balaban J connectivity index is 5.21. The first-order valence-corrected chi connectivity index (χ1v) is 38.8. The Morgan fingerprint density at radius 2 is 0.460 bits per heavy atom. The van der Waals surface area contributed by atoms with Gasteiger partial charge in [0.15, 0.2) is 12.2 Å². The lowest BCUT2D eigenvalue weighted by Crippen LogP contribution is -2.30. The number of ether oxygens (including phenoxy) is 4. The maximum Gasteiger partial charge on any atom is 0.472 e. The second kappa shape index (κ2) is 62.8. The van der Waals surface area contributed by atoms with Gasteiger partial charge in [0.2, 0.25) is 0 Å². The minimum Gasteiger partial charge on any atom is -0.462 e. The van der Waals surface area contributed by atoms with E-state index in [1.54, 1.807) is 0 Å². The summed E-state index contributed by atoms with van der Waals surface area (Å²) in [6.45, 7) is 4.91. The molecule has 3 N–H and O–H groups in total. The first-order valence-electron chi connectivity index (χ1n) is 35.8. The normalized spacial score (nSPS) is 14.1. The topological polar surface area (TPSA) is 237 Å². The van der Waals surface area contributed by atoms with Crippen LogP contribution >= 0.6 is 15.6 Å². The minimum atomic E-state index is -4.95. The lowest BCUT2D eigenvalue weighted by atomic mass is 10.0. The Morgan fingerprint density at radius 1 is 0.276 bits per heavy atom. The molecule has 516 valence electrons. The molecule has 17 nitrogen and oxygen atoms in total. The van der Waals surface area contributed by atoms with Crippen molar-refractivity contribution < 1.29 is 80.2 Å². The fraction of sp³-hybridized carbons (Fsp3) is 0.941. The van der Waals surface area contributed by atoms with Crippen LogP contribution in [0.4, 0.5) is 0 Å². The third-order valence-electron chi connectivity index (χ3n) is 15.9. The summed E-state index contributed by atoms with van der Waals surface area (Å²) in [6.07, 6.45) is 49.8. The number of rotatable bonds is 69. The number of hydrogen-bond acceptors (Lipinski definition) is 15. The molecule has 0 aromatic rings. The molecule has 0 bridgehead atoms. The summed E-state index contributed by atoms with van der Waals surface area (Å²) in [6, 6.07) is 0. The number of aliphatic hydroxyl groups is 1. The van der Waals surface area contributed by atoms with E-state index in [1.165, 1.54) is 180 Å². The molecule has 87 heavy (non-hydrogen) atoms. The molecular formula is C68H132O17P2. The number of esters is 4. The van der Waals surface area contributed by atoms with E-state index in [4.69, 9.17) is 37.0 Å². The molecule has 0 saturated heterocycles. The van der Waals surface area contributed by atoms with Gasteiger partial charge < -0.3 is 33.8 Å². The molecule has 0 radical (unpaired) electrons. The van der Waals surface area contributed by atoms with Gasteiger partial charge in [0, 0.05) is 25.7 Å². The zero-order chi connectivity index (χ0) is 64.0. The highest BCUT2D eigenvalue weighted by Crippen LogP contribution is 2.45. The van der Waals surface area contributed by atoms with E-state index in [2.05, 4.69) is 27.7 Å². The molecule has 0 aromatic heterocycles. The van der Waals surface area contributed by atoms with E-state index in [0.717, 1.165) is 96.3 Å². The Hall–Kier alpha value is -1.94. The van der Waals surface area contributed by atoms with Crippen LogP contribution in [0, 0.1) is 0 Å². The first-order chi connectivity index (χ1) is 42.2. The predicted octanol–water partition coefficient (Wildman–Crippen LogP) is 19.5. The van der Waals surface area contributed by atoms with Gasteiger partial charge in [-0.05, 0) is 25.7 Å². The minimum absolute atomic E-state index is 0.107. The number of phosphoric acid groups is 2. The van der Waals surface area contributed by atoms with Crippen molar-refractivity contribution in [2.45, 2.75) is 373 Å². The molecular weight excluding hydrogens is 1150 g/mol. The Labute approximate surface area is 530 Å². The van der Waals surface area contributed by atoms with Gasteiger partial charge in [0.25, 0.3) is 0 Å². The number of unbranched alkanes of at least 4 members (excludes halogenated alkanes) is 43. The van der Waals surface area contributed by atoms with Crippen LogP contribution < -0.4 is 0 Å². The quantitative estimate of drug-likeness (QED) is 0.0222. The van der Waals surface area contributed by atoms with Crippen LogP contribution in [0.15, 0.2) is 0 Å². The monoisotopic (exact) mass is 1280 g/mol. The average molecular weight is 1280 g/mol. The summed E-state index contributed by atoms with van der Waals surface area (Å²) >= 11 is 0. The lowest BCUT2D eigenvalue weighted by molar-refractivity contribution is -0.161. The summed E-state index contributed by atoms with van der Waals surface area (Å²) in [5.74, 6) is -2.12. The maximum absolute atomic E-state index is 13.0. The molecule has 0 aliphatic carbocycles. The van der Waals surface area contributed by atoms with E-state index < -0.39 is 97.5 Å². The standard InChI is InChI=1S/C68H132O17P2/c1-5-9-13-17-21-25-28-30-31-32-33-36-39-43-47-51-55-68(73)85-64(59-79-66(71)53-49-45-41-37-35-29-26-22-18-14-10-6-2)61-83-87(76,77)81-57-62(69)56-80-86(74,75)82-60-63(58-78-65(70)52-48-44-40-24-20-16-12-8-4)84-67(72)54-50-46-42-38-34-27-23-19-15-11-7-3/h62-64,69H,5-61H2,1-4H3,(H,74,75)(H,76,77)/t62-,63+,64+/m0/s1. The highest BCUT2D eigenvalue weighted by molar-refractivity contribution is 7.47. The van der Waals surface area contributed by atoms with Crippen LogP contribution in [0.1, 0.15) is 355 Å². The van der Waals surface area contributed by atoms with Crippen LogP contribution in [0.2, 0.25) is 0 Å². The fourth-order valence-electron chi connectivity index (χ4n) is 10.3. The van der Waals surface area contributed by atoms with E-state index in [-0.39, 0.29) is 25.7 Å². The van der Waals surface area contributed by atoms with Crippen molar-refractivity contribution in [3.8, 4) is 0 Å². The van der Waals surface area contributed by atoms with Crippen LogP contribution in [-0.2, 0) is 65.4 Å². The van der Waals surface area contributed by atoms with Gasteiger partial charge in [0.05, 0.1) is 26.4 Å². The van der Waals surface area contributed by atoms with Crippen molar-refractivity contribution in [3.05, 3.63) is 0 Å². The first kappa shape index (κ1) is 85.1. The SMILES string of the molecule is CCCCCCCCCCCCCCCCCCC(=O)O[C@H](COC(=O)CCCCCCCCCCCCCC)COP(=O)(O)OC[C@@H](O)COP(=O)(O)OC[C@@H](COC(=O)CCCCCCCCCC)OC(=O)CCCCCCCCCCCCC. The molecule has 0 heterocycles. The van der Waals surface area contributed by atoms with E-state index in [9.17, 15) is 43.2 Å². The van der Waals surface area contributed by atoms with Crippen LogP contribution in [0.3, 0.4) is 0 Å². The van der Waals surface area contributed by atoms with Crippen molar-refractivity contribution in [1.29, 1.82) is 0 Å². The second-order valence-corrected chi connectivity index (χ2v) is 27.5.